The Kier molecular flexibility index (Phi) is 3.66. The van der Waals surface area contributed by atoms with Gasteiger partial charge in [0.05, 0.1) is 42.1 Å². The van der Waals surface area contributed by atoms with Gasteiger partial charge in [-0.05, 0) is 35.0 Å². The van der Waals surface area contributed by atoms with Gasteiger partial charge in [0.2, 0.25) is 12.4 Å². The second-order valence-electron chi connectivity index (χ2n) is 7.14. The van der Waals surface area contributed by atoms with Gasteiger partial charge in [0.25, 0.3) is 0 Å². The molecule has 0 radical (unpaired) electrons. The van der Waals surface area contributed by atoms with Crippen LogP contribution >= 0.6 is 22.7 Å². The van der Waals surface area contributed by atoms with E-state index in [1.807, 2.05) is 24.5 Å². The fourth-order valence-corrected chi connectivity index (χ4v) is 7.32. The molecular weight excluding hydrogens is 436 g/mol. The second-order valence-corrected chi connectivity index (χ2v) is 9.18. The van der Waals surface area contributed by atoms with Crippen LogP contribution in [0.1, 0.15) is 11.1 Å². The molecule has 4 aromatic carbocycles. The molecule has 0 atom stereocenters. The van der Waals surface area contributed by atoms with Gasteiger partial charge in [0.15, 0.2) is 0 Å². The number of hydrogen-bond donors (Lipinski definition) is 0. The first kappa shape index (κ1) is 18.2. The smallest absolute Gasteiger partial charge is 0.192 e. The largest absolute Gasteiger partial charge is 0.206 e. The molecule has 0 saturated carbocycles. The molecule has 0 aliphatic heterocycles. The van der Waals surface area contributed by atoms with E-state index in [1.165, 1.54) is 0 Å². The standard InChI is InChI=1S/C24H6N6S2/c25-7-11-1-3-13-15(5-11)19(29-9-27)21-17(13)23-24(31-21)18-14-4-2-12(8-26)6-16(14)20(30-10-28)22(18)32-23/h1-6H/b29-19+,30-20+. The predicted octanol–water partition coefficient (Wildman–Crippen LogP) is 4.96. The van der Waals surface area contributed by atoms with Crippen LogP contribution in [0.5, 0.6) is 0 Å². The quantitative estimate of drug-likeness (QED) is 0.309. The lowest BCUT2D eigenvalue weighted by Gasteiger charge is -1.93. The minimum Gasteiger partial charge on any atom is -0.192 e. The number of hydrogen-bond acceptors (Lipinski definition) is 8. The van der Waals surface area contributed by atoms with Crippen molar-refractivity contribution >= 4 is 73.8 Å². The Morgan fingerprint density at radius 3 is 1.38 bits per heavy atom. The first-order chi connectivity index (χ1) is 15.7. The first-order valence-electron chi connectivity index (χ1n) is 9.33. The molecule has 6 aromatic rings. The van der Waals surface area contributed by atoms with Crippen molar-refractivity contribution in [2.45, 2.75) is 0 Å². The highest BCUT2D eigenvalue weighted by Gasteiger charge is 2.22. The van der Waals surface area contributed by atoms with Gasteiger partial charge in [-0.3, -0.25) is 0 Å². The van der Waals surface area contributed by atoms with E-state index < -0.39 is 0 Å². The van der Waals surface area contributed by atoms with Crippen molar-refractivity contribution in [2.75, 3.05) is 0 Å². The third-order valence-electron chi connectivity index (χ3n) is 5.62. The summed E-state index contributed by atoms with van der Waals surface area (Å²) in [6.07, 6.45) is 3.80. The van der Waals surface area contributed by atoms with Crippen LogP contribution in [0.2, 0.25) is 0 Å². The van der Waals surface area contributed by atoms with E-state index in [1.54, 1.807) is 46.9 Å². The highest BCUT2D eigenvalue weighted by molar-refractivity contribution is 7.37. The summed E-state index contributed by atoms with van der Waals surface area (Å²) < 4.78 is 3.90. The van der Waals surface area contributed by atoms with Crippen molar-refractivity contribution in [3.63, 3.8) is 0 Å². The third-order valence-corrected chi connectivity index (χ3v) is 8.18. The molecule has 0 bridgehead atoms. The number of rotatable bonds is 0. The number of fused-ring (bicyclic) bond motifs is 9. The van der Waals surface area contributed by atoms with Crippen LogP contribution in [0, 0.1) is 45.6 Å². The van der Waals surface area contributed by atoms with Crippen LogP contribution in [-0.4, -0.2) is 0 Å². The Morgan fingerprint density at radius 1 is 0.562 bits per heavy atom. The Morgan fingerprint density at radius 2 is 1.00 bits per heavy atom. The molecule has 32 heavy (non-hydrogen) atoms. The lowest BCUT2D eigenvalue weighted by molar-refractivity contribution is 1.38. The lowest BCUT2D eigenvalue weighted by atomic mass is 10.1. The van der Waals surface area contributed by atoms with E-state index in [9.17, 15) is 21.0 Å². The summed E-state index contributed by atoms with van der Waals surface area (Å²) in [5.74, 6) is 0. The summed E-state index contributed by atoms with van der Waals surface area (Å²) in [4.78, 5) is 8.17. The normalized spacial score (nSPS) is 12.6. The van der Waals surface area contributed by atoms with Crippen LogP contribution in [0.4, 0.5) is 0 Å². The molecule has 8 heteroatoms. The molecule has 0 unspecified atom stereocenters. The minimum atomic E-state index is 0.514. The fourth-order valence-electron chi connectivity index (χ4n) is 4.38. The topological polar surface area (TPSA) is 120 Å². The predicted molar refractivity (Wildman–Crippen MR) is 124 cm³/mol. The minimum absolute atomic E-state index is 0.514. The van der Waals surface area contributed by atoms with Crippen LogP contribution in [-0.2, 0) is 0 Å². The summed E-state index contributed by atoms with van der Waals surface area (Å²) in [5, 5.41) is 43.8. The molecule has 144 valence electrons. The Balaban J connectivity index is 1.89. The second kappa shape index (κ2) is 6.45. The maximum atomic E-state index is 9.30. The number of benzene rings is 2. The first-order valence-corrected chi connectivity index (χ1v) is 11.0. The Labute approximate surface area is 187 Å². The molecule has 0 aliphatic rings. The number of nitrogens with zero attached hydrogens (tertiary/aromatic N) is 6. The van der Waals surface area contributed by atoms with Gasteiger partial charge < -0.3 is 0 Å². The van der Waals surface area contributed by atoms with Crippen molar-refractivity contribution in [2.24, 2.45) is 9.98 Å². The van der Waals surface area contributed by atoms with Gasteiger partial charge >= 0.3 is 0 Å². The summed E-state index contributed by atoms with van der Waals surface area (Å²) in [6.45, 7) is 0. The Bertz CT molecular complexity index is 1930. The van der Waals surface area contributed by atoms with Crippen LogP contribution in [0.3, 0.4) is 0 Å². The summed E-state index contributed by atoms with van der Waals surface area (Å²) in [6, 6.07) is 15.2. The van der Waals surface area contributed by atoms with Gasteiger partial charge in [-0.1, -0.05) is 12.1 Å². The fraction of sp³-hybridized carbons (Fsp3) is 0. The van der Waals surface area contributed by atoms with E-state index in [4.69, 9.17) is 0 Å². The van der Waals surface area contributed by atoms with Crippen molar-refractivity contribution in [3.8, 4) is 24.5 Å². The molecule has 0 N–H and O–H groups in total. The molecule has 0 saturated heterocycles. The molecule has 2 aromatic heterocycles. The maximum Gasteiger partial charge on any atom is 0.206 e. The molecule has 0 amide bonds. The van der Waals surface area contributed by atoms with E-state index in [0.29, 0.717) is 21.8 Å². The zero-order valence-electron chi connectivity index (χ0n) is 16.0. The number of thiophene rings is 2. The van der Waals surface area contributed by atoms with Crippen molar-refractivity contribution in [1.82, 2.24) is 0 Å². The van der Waals surface area contributed by atoms with Crippen molar-refractivity contribution in [1.29, 1.82) is 21.0 Å². The number of nitriles is 4. The van der Waals surface area contributed by atoms with Gasteiger partial charge in [0, 0.05) is 21.5 Å². The monoisotopic (exact) mass is 442 g/mol. The summed E-state index contributed by atoms with van der Waals surface area (Å²) in [5.41, 5.74) is 1.03. The zero-order valence-corrected chi connectivity index (χ0v) is 17.6. The molecule has 6 nitrogen and oxygen atoms in total. The van der Waals surface area contributed by atoms with Gasteiger partial charge in [-0.25, -0.2) is 0 Å². The van der Waals surface area contributed by atoms with E-state index >= 15 is 0 Å². The van der Waals surface area contributed by atoms with Gasteiger partial charge in [-0.2, -0.15) is 31.0 Å². The molecule has 6 rings (SSSR count). The van der Waals surface area contributed by atoms with E-state index in [-0.39, 0.29) is 0 Å². The molecular formula is C24H6N6S2. The van der Waals surface area contributed by atoms with Crippen LogP contribution in [0.25, 0.3) is 51.1 Å². The SMILES string of the molecule is N#C/N=c1\c2cc(C#N)ccc2c2c1sc1c2sc2/c(=N/C#N)c3cc(C#N)ccc3c21. The van der Waals surface area contributed by atoms with Crippen molar-refractivity contribution < 1.29 is 0 Å². The van der Waals surface area contributed by atoms with Crippen LogP contribution < -0.4 is 10.7 Å². The molecule has 0 aliphatic carbocycles. The summed E-state index contributed by atoms with van der Waals surface area (Å²) >= 11 is 3.11. The van der Waals surface area contributed by atoms with Gasteiger partial charge in [0.1, 0.15) is 10.7 Å². The average Bonchev–Trinajstić information content (AvgIpc) is 3.51. The molecule has 0 fully saturated rings. The lowest BCUT2D eigenvalue weighted by Crippen LogP contribution is -1.96. The zero-order chi connectivity index (χ0) is 22.0. The van der Waals surface area contributed by atoms with Crippen molar-refractivity contribution in [3.05, 3.63) is 58.2 Å². The maximum absolute atomic E-state index is 9.30. The average molecular weight is 442 g/mol. The van der Waals surface area contributed by atoms with E-state index in [0.717, 1.165) is 51.1 Å². The summed E-state index contributed by atoms with van der Waals surface area (Å²) in [7, 11) is 0. The molecule has 2 heterocycles. The van der Waals surface area contributed by atoms with Gasteiger partial charge in [-0.15, -0.1) is 22.7 Å². The highest BCUT2D eigenvalue weighted by atomic mass is 32.1. The Hall–Kier alpha value is -4.60. The molecule has 0 spiro atoms. The third kappa shape index (κ3) is 2.17. The highest BCUT2D eigenvalue weighted by Crippen LogP contribution is 2.47. The van der Waals surface area contributed by atoms with E-state index in [2.05, 4.69) is 22.1 Å². The van der Waals surface area contributed by atoms with Crippen LogP contribution in [0.15, 0.2) is 46.4 Å².